The van der Waals surface area contributed by atoms with Crippen LogP contribution in [0.2, 0.25) is 5.02 Å². The number of rotatable bonds is 7. The summed E-state index contributed by atoms with van der Waals surface area (Å²) < 4.78 is 12.0. The summed E-state index contributed by atoms with van der Waals surface area (Å²) in [6.45, 7) is 0.296. The van der Waals surface area contributed by atoms with Crippen molar-refractivity contribution in [2.75, 3.05) is 7.11 Å². The van der Waals surface area contributed by atoms with Gasteiger partial charge in [0.1, 0.15) is 6.61 Å². The minimum Gasteiger partial charge on any atom is -0.493 e. The normalized spacial score (nSPS) is 10.7. The Morgan fingerprint density at radius 3 is 2.72 bits per heavy atom. The molecule has 3 rings (SSSR count). The van der Waals surface area contributed by atoms with E-state index in [1.54, 1.807) is 37.7 Å². The zero-order valence-electron chi connectivity index (χ0n) is 15.4. The van der Waals surface area contributed by atoms with Gasteiger partial charge in [-0.05, 0) is 51.8 Å². The molecule has 0 spiro atoms. The van der Waals surface area contributed by atoms with Gasteiger partial charge >= 0.3 is 0 Å². The fourth-order valence-corrected chi connectivity index (χ4v) is 3.22. The van der Waals surface area contributed by atoms with Crippen molar-refractivity contribution in [3.8, 4) is 11.5 Å². The van der Waals surface area contributed by atoms with Crippen LogP contribution in [-0.4, -0.2) is 24.2 Å². The molecule has 1 aromatic heterocycles. The van der Waals surface area contributed by atoms with Crippen LogP contribution in [-0.2, 0) is 6.61 Å². The van der Waals surface area contributed by atoms with Crippen LogP contribution in [0.15, 0.2) is 70.5 Å². The van der Waals surface area contributed by atoms with Crippen molar-refractivity contribution < 1.29 is 14.3 Å². The Morgan fingerprint density at radius 1 is 1.24 bits per heavy atom. The summed E-state index contributed by atoms with van der Waals surface area (Å²) in [6, 6.07) is 14.3. The number of hydrazone groups is 1. The van der Waals surface area contributed by atoms with Crippen molar-refractivity contribution in [3.63, 3.8) is 0 Å². The molecule has 0 radical (unpaired) electrons. The van der Waals surface area contributed by atoms with Gasteiger partial charge in [-0.25, -0.2) is 5.43 Å². The van der Waals surface area contributed by atoms with Crippen LogP contribution in [0.4, 0.5) is 0 Å². The molecule has 0 unspecified atom stereocenters. The third-order valence-electron chi connectivity index (χ3n) is 3.90. The number of amides is 1. The molecule has 0 aliphatic carbocycles. The number of benzene rings is 2. The fourth-order valence-electron chi connectivity index (χ4n) is 2.45. The molecule has 0 atom stereocenters. The molecule has 0 saturated carbocycles. The van der Waals surface area contributed by atoms with Crippen molar-refractivity contribution in [2.24, 2.45) is 5.10 Å². The lowest BCUT2D eigenvalue weighted by molar-refractivity contribution is 0.0955. The molecule has 3 aromatic rings. The quantitative estimate of drug-likeness (QED) is 0.392. The number of hydrogen-bond donors (Lipinski definition) is 1. The minimum atomic E-state index is -0.325. The van der Waals surface area contributed by atoms with Gasteiger partial charge in [-0.1, -0.05) is 29.8 Å². The molecule has 8 heteroatoms. The molecule has 1 amide bonds. The lowest BCUT2D eigenvalue weighted by atomic mass is 10.2. The van der Waals surface area contributed by atoms with Crippen molar-refractivity contribution in [3.05, 3.63) is 87.1 Å². The van der Waals surface area contributed by atoms with Crippen molar-refractivity contribution >= 4 is 39.7 Å². The van der Waals surface area contributed by atoms with E-state index in [9.17, 15) is 4.79 Å². The Balaban J connectivity index is 1.70. The van der Waals surface area contributed by atoms with E-state index in [0.29, 0.717) is 38.7 Å². The number of carbonyl (C=O) groups excluding carboxylic acids is 1. The molecular formula is C21H17BrClN3O3. The second kappa shape index (κ2) is 10.0. The maximum atomic E-state index is 12.0. The SMILES string of the molecule is COc1cc(/C=N\NC(=O)c2ccncc2)cc(Br)c1OCc1ccccc1Cl. The van der Waals surface area contributed by atoms with E-state index in [-0.39, 0.29) is 5.91 Å². The first-order chi connectivity index (χ1) is 14.1. The van der Waals surface area contributed by atoms with Crippen molar-refractivity contribution in [2.45, 2.75) is 6.61 Å². The van der Waals surface area contributed by atoms with E-state index < -0.39 is 0 Å². The van der Waals surface area contributed by atoms with Crippen LogP contribution in [0.25, 0.3) is 0 Å². The lowest BCUT2D eigenvalue weighted by Gasteiger charge is -2.14. The fraction of sp³-hybridized carbons (Fsp3) is 0.0952. The molecule has 1 N–H and O–H groups in total. The first kappa shape index (κ1) is 20.8. The summed E-state index contributed by atoms with van der Waals surface area (Å²) >= 11 is 9.67. The number of carbonyl (C=O) groups is 1. The zero-order chi connectivity index (χ0) is 20.6. The van der Waals surface area contributed by atoms with Gasteiger partial charge < -0.3 is 9.47 Å². The van der Waals surface area contributed by atoms with Crippen LogP contribution < -0.4 is 14.9 Å². The summed E-state index contributed by atoms with van der Waals surface area (Å²) in [6.07, 6.45) is 4.61. The monoisotopic (exact) mass is 473 g/mol. The maximum absolute atomic E-state index is 12.0. The highest BCUT2D eigenvalue weighted by molar-refractivity contribution is 9.10. The van der Waals surface area contributed by atoms with E-state index in [2.05, 4.69) is 31.4 Å². The Labute approximate surface area is 181 Å². The number of nitrogens with zero attached hydrogens (tertiary/aromatic N) is 2. The average molecular weight is 475 g/mol. The molecule has 6 nitrogen and oxygen atoms in total. The van der Waals surface area contributed by atoms with Crippen molar-refractivity contribution in [1.29, 1.82) is 0 Å². The highest BCUT2D eigenvalue weighted by Crippen LogP contribution is 2.37. The smallest absolute Gasteiger partial charge is 0.271 e. The summed E-state index contributed by atoms with van der Waals surface area (Å²) in [5.41, 5.74) is 4.53. The average Bonchev–Trinajstić information content (AvgIpc) is 2.74. The van der Waals surface area contributed by atoms with Crippen LogP contribution >= 0.6 is 27.5 Å². The van der Waals surface area contributed by atoms with Gasteiger partial charge in [0.2, 0.25) is 0 Å². The zero-order valence-corrected chi connectivity index (χ0v) is 17.8. The molecule has 0 aliphatic rings. The third kappa shape index (κ3) is 5.56. The van der Waals surface area contributed by atoms with E-state index in [4.69, 9.17) is 21.1 Å². The topological polar surface area (TPSA) is 72.8 Å². The van der Waals surface area contributed by atoms with Crippen LogP contribution in [0.5, 0.6) is 11.5 Å². The number of ether oxygens (including phenoxy) is 2. The predicted octanol–water partition coefficient (Wildman–Crippen LogP) is 4.85. The van der Waals surface area contributed by atoms with Gasteiger partial charge in [-0.3, -0.25) is 9.78 Å². The highest BCUT2D eigenvalue weighted by atomic mass is 79.9. The Morgan fingerprint density at radius 2 is 2.00 bits per heavy atom. The van der Waals surface area contributed by atoms with Crippen LogP contribution in [0.1, 0.15) is 21.5 Å². The van der Waals surface area contributed by atoms with Gasteiger partial charge in [-0.2, -0.15) is 5.10 Å². The summed E-state index contributed by atoms with van der Waals surface area (Å²) in [5.74, 6) is 0.744. The first-order valence-electron chi connectivity index (χ1n) is 8.55. The van der Waals surface area contributed by atoms with E-state index >= 15 is 0 Å². The van der Waals surface area contributed by atoms with E-state index in [1.165, 1.54) is 6.21 Å². The maximum Gasteiger partial charge on any atom is 0.271 e. The standard InChI is InChI=1S/C21H17BrClN3O3/c1-28-19-11-14(12-25-26-21(27)15-6-8-24-9-7-15)10-17(22)20(19)29-13-16-4-2-3-5-18(16)23/h2-12H,13H2,1H3,(H,26,27)/b25-12-. The molecule has 0 fully saturated rings. The third-order valence-corrected chi connectivity index (χ3v) is 4.86. The number of hydrogen-bond acceptors (Lipinski definition) is 5. The highest BCUT2D eigenvalue weighted by Gasteiger charge is 2.12. The number of aromatic nitrogens is 1. The summed E-state index contributed by atoms with van der Waals surface area (Å²) in [5, 5.41) is 4.63. The van der Waals surface area contributed by atoms with Crippen molar-refractivity contribution in [1.82, 2.24) is 10.4 Å². The van der Waals surface area contributed by atoms with E-state index in [0.717, 1.165) is 5.56 Å². The predicted molar refractivity (Wildman–Crippen MR) is 116 cm³/mol. The van der Waals surface area contributed by atoms with Crippen LogP contribution in [0, 0.1) is 0 Å². The first-order valence-corrected chi connectivity index (χ1v) is 9.72. The minimum absolute atomic E-state index is 0.296. The number of pyridine rings is 1. The number of nitrogens with one attached hydrogen (secondary N) is 1. The molecule has 148 valence electrons. The second-order valence-corrected chi connectivity index (χ2v) is 7.11. The largest absolute Gasteiger partial charge is 0.493 e. The lowest BCUT2D eigenvalue weighted by Crippen LogP contribution is -2.17. The Hall–Kier alpha value is -2.90. The number of methoxy groups -OCH3 is 1. The second-order valence-electron chi connectivity index (χ2n) is 5.85. The van der Waals surface area contributed by atoms with Gasteiger partial charge in [0.15, 0.2) is 11.5 Å². The molecule has 29 heavy (non-hydrogen) atoms. The Kier molecular flexibility index (Phi) is 7.21. The summed E-state index contributed by atoms with van der Waals surface area (Å²) in [4.78, 5) is 15.9. The molecule has 2 aromatic carbocycles. The van der Waals surface area contributed by atoms with Gasteiger partial charge in [-0.15, -0.1) is 0 Å². The van der Waals surface area contributed by atoms with Gasteiger partial charge in [0.25, 0.3) is 5.91 Å². The molecule has 0 saturated heterocycles. The van der Waals surface area contributed by atoms with Gasteiger partial charge in [0, 0.05) is 28.5 Å². The molecule has 0 aliphatic heterocycles. The van der Waals surface area contributed by atoms with Crippen LogP contribution in [0.3, 0.4) is 0 Å². The van der Waals surface area contributed by atoms with Gasteiger partial charge in [0.05, 0.1) is 17.8 Å². The molecule has 0 bridgehead atoms. The van der Waals surface area contributed by atoms with E-state index in [1.807, 2.05) is 30.3 Å². The Bertz CT molecular complexity index is 1030. The number of halogens is 2. The summed E-state index contributed by atoms with van der Waals surface area (Å²) in [7, 11) is 1.55. The molecular weight excluding hydrogens is 458 g/mol. The molecule has 1 heterocycles.